The third-order valence-corrected chi connectivity index (χ3v) is 6.60. The summed E-state index contributed by atoms with van der Waals surface area (Å²) in [4.78, 5) is 30.4. The summed E-state index contributed by atoms with van der Waals surface area (Å²) in [7, 11) is 0. The molecule has 3 fully saturated rings. The maximum atomic E-state index is 13.1. The molecule has 1 N–H and O–H groups in total. The van der Waals surface area contributed by atoms with Crippen molar-refractivity contribution in [2.75, 3.05) is 6.54 Å². The maximum Gasteiger partial charge on any atom is 0.218 e. The first-order valence-electron chi connectivity index (χ1n) is 8.18. The van der Waals surface area contributed by atoms with E-state index in [0.717, 1.165) is 19.3 Å². The maximum absolute atomic E-state index is 13.1. The number of Topliss-reactive ketones (excluding diaryl/α,β-unsaturated/α-hetero) is 1. The van der Waals surface area contributed by atoms with Crippen molar-refractivity contribution in [3.63, 3.8) is 0 Å². The summed E-state index contributed by atoms with van der Waals surface area (Å²) in [5.41, 5.74) is -0.697. The molecule has 6 heteroatoms. The van der Waals surface area contributed by atoms with Gasteiger partial charge in [0.15, 0.2) is 5.01 Å². The second-order valence-corrected chi connectivity index (χ2v) is 7.64. The fraction of sp³-hybridized carbons (Fsp3) is 0.688. The molecule has 1 amide bonds. The van der Waals surface area contributed by atoms with E-state index in [2.05, 4.69) is 10.3 Å². The van der Waals surface area contributed by atoms with Crippen molar-refractivity contribution < 1.29 is 9.59 Å². The van der Waals surface area contributed by atoms with E-state index in [1.165, 1.54) is 37.0 Å². The minimum absolute atomic E-state index is 0.0250. The van der Waals surface area contributed by atoms with Crippen LogP contribution in [0.15, 0.2) is 11.6 Å². The molecule has 4 atom stereocenters. The van der Waals surface area contributed by atoms with Gasteiger partial charge in [0.2, 0.25) is 12.2 Å². The summed E-state index contributed by atoms with van der Waals surface area (Å²) < 4.78 is 0. The Hall–Kier alpha value is -1.27. The Kier molecular flexibility index (Phi) is 3.53. The number of hydrogen-bond donors (Lipinski definition) is 1. The van der Waals surface area contributed by atoms with Crippen LogP contribution in [0.5, 0.6) is 0 Å². The molecule has 3 heterocycles. The first-order valence-corrected chi connectivity index (χ1v) is 9.06. The number of nitrogens with one attached hydrogen (secondary N) is 1. The van der Waals surface area contributed by atoms with E-state index >= 15 is 0 Å². The molecule has 4 rings (SSSR count). The van der Waals surface area contributed by atoms with E-state index in [1.54, 1.807) is 11.1 Å². The van der Waals surface area contributed by atoms with Crippen molar-refractivity contribution >= 4 is 23.5 Å². The Morgan fingerprint density at radius 3 is 2.95 bits per heavy atom. The van der Waals surface area contributed by atoms with Crippen LogP contribution in [0.25, 0.3) is 0 Å². The van der Waals surface area contributed by atoms with Crippen molar-refractivity contribution in [1.29, 1.82) is 0 Å². The lowest BCUT2D eigenvalue weighted by molar-refractivity contribution is -0.131. The van der Waals surface area contributed by atoms with E-state index in [4.69, 9.17) is 0 Å². The predicted octanol–water partition coefficient (Wildman–Crippen LogP) is 1.85. The number of carbonyl (C=O) groups excluding carboxylic acids is 2. The van der Waals surface area contributed by atoms with Gasteiger partial charge in [-0.3, -0.25) is 9.59 Å². The minimum atomic E-state index is -0.697. The van der Waals surface area contributed by atoms with Crippen LogP contribution < -0.4 is 5.32 Å². The lowest BCUT2D eigenvalue weighted by Gasteiger charge is -2.52. The first kappa shape index (κ1) is 14.3. The van der Waals surface area contributed by atoms with Crippen LogP contribution in [-0.4, -0.2) is 46.2 Å². The Bertz CT molecular complexity index is 562. The Morgan fingerprint density at radius 2 is 2.32 bits per heavy atom. The number of fused-ring (bicyclic) bond motifs is 1. The topological polar surface area (TPSA) is 62.3 Å². The number of rotatable bonds is 4. The molecule has 0 bridgehead atoms. The highest BCUT2D eigenvalue weighted by Crippen LogP contribution is 2.44. The van der Waals surface area contributed by atoms with Crippen molar-refractivity contribution in [3.8, 4) is 0 Å². The quantitative estimate of drug-likeness (QED) is 0.679. The van der Waals surface area contributed by atoms with Gasteiger partial charge in [-0.05, 0) is 31.6 Å². The van der Waals surface area contributed by atoms with Crippen LogP contribution in [0.1, 0.15) is 48.3 Å². The molecule has 0 aromatic carbocycles. The number of aromatic nitrogens is 1. The van der Waals surface area contributed by atoms with Gasteiger partial charge in [0.05, 0.1) is 0 Å². The molecule has 1 aromatic rings. The number of ketones is 1. The molecule has 1 aromatic heterocycles. The molecule has 3 aliphatic rings. The monoisotopic (exact) mass is 319 g/mol. The molecule has 0 radical (unpaired) electrons. The lowest BCUT2D eigenvalue weighted by atomic mass is 9.73. The van der Waals surface area contributed by atoms with Gasteiger partial charge in [-0.1, -0.05) is 12.8 Å². The van der Waals surface area contributed by atoms with E-state index < -0.39 is 5.54 Å². The largest absolute Gasteiger partial charge is 0.330 e. The molecule has 1 saturated carbocycles. The van der Waals surface area contributed by atoms with E-state index in [1.807, 2.05) is 5.38 Å². The highest BCUT2D eigenvalue weighted by atomic mass is 32.1. The third kappa shape index (κ3) is 1.97. The second-order valence-electron chi connectivity index (χ2n) is 6.75. The summed E-state index contributed by atoms with van der Waals surface area (Å²) in [5.74, 6) is 0.686. The van der Waals surface area contributed by atoms with Gasteiger partial charge in [0, 0.05) is 30.2 Å². The number of amides is 1. The van der Waals surface area contributed by atoms with Gasteiger partial charge in [-0.25, -0.2) is 4.98 Å². The van der Waals surface area contributed by atoms with E-state index in [0.29, 0.717) is 23.5 Å². The van der Waals surface area contributed by atoms with Crippen molar-refractivity contribution in [2.45, 2.75) is 56.1 Å². The zero-order valence-corrected chi connectivity index (χ0v) is 13.3. The van der Waals surface area contributed by atoms with Crippen LogP contribution in [0.3, 0.4) is 0 Å². The fourth-order valence-electron chi connectivity index (χ4n) is 4.60. The highest BCUT2D eigenvalue weighted by molar-refractivity contribution is 7.11. The molecule has 1 aliphatic carbocycles. The number of hydrogen-bond acceptors (Lipinski definition) is 5. The van der Waals surface area contributed by atoms with Crippen LogP contribution in [-0.2, 0) is 4.79 Å². The molecule has 2 aliphatic heterocycles. The number of carbonyl (C=O) groups is 2. The van der Waals surface area contributed by atoms with E-state index in [9.17, 15) is 9.59 Å². The van der Waals surface area contributed by atoms with Crippen molar-refractivity contribution in [2.24, 2.45) is 5.92 Å². The average molecular weight is 319 g/mol. The van der Waals surface area contributed by atoms with Crippen LogP contribution in [0, 0.1) is 5.92 Å². The van der Waals surface area contributed by atoms with E-state index in [-0.39, 0.29) is 11.8 Å². The fourth-order valence-corrected chi connectivity index (χ4v) is 5.25. The van der Waals surface area contributed by atoms with Gasteiger partial charge in [0.1, 0.15) is 5.54 Å². The van der Waals surface area contributed by atoms with Crippen LogP contribution >= 0.6 is 11.3 Å². The summed E-state index contributed by atoms with van der Waals surface area (Å²) in [6.45, 7) is 0.675. The van der Waals surface area contributed by atoms with Gasteiger partial charge in [-0.2, -0.15) is 0 Å². The Morgan fingerprint density at radius 1 is 1.45 bits per heavy atom. The summed E-state index contributed by atoms with van der Waals surface area (Å²) in [5, 5.41) is 6.06. The zero-order chi connectivity index (χ0) is 15.2. The Labute approximate surface area is 134 Å². The van der Waals surface area contributed by atoms with Gasteiger partial charge >= 0.3 is 0 Å². The normalized spacial score (nSPS) is 37.5. The smallest absolute Gasteiger partial charge is 0.218 e. The predicted molar refractivity (Wildman–Crippen MR) is 83.8 cm³/mol. The first-order chi connectivity index (χ1) is 10.8. The van der Waals surface area contributed by atoms with Gasteiger partial charge in [0.25, 0.3) is 0 Å². The molecule has 3 unspecified atom stereocenters. The summed E-state index contributed by atoms with van der Waals surface area (Å²) >= 11 is 1.37. The molecule has 118 valence electrons. The van der Waals surface area contributed by atoms with Crippen molar-refractivity contribution in [3.05, 3.63) is 16.6 Å². The SMILES string of the molecule is O=CN1CC[C@]1(C(=O)c1nccs1)C1CC2CCCCC2N1. The van der Waals surface area contributed by atoms with Crippen LogP contribution in [0.2, 0.25) is 0 Å². The standard InChI is InChI=1S/C16H21N3O2S/c20-10-19-7-5-16(19,14(21)15-17-6-8-22-15)13-9-11-3-1-2-4-12(11)18-13/h6,8,10-13,18H,1-5,7,9H2/t11?,12?,13?,16-/m1/s1. The summed E-state index contributed by atoms with van der Waals surface area (Å²) in [6, 6.07) is 0.602. The lowest BCUT2D eigenvalue weighted by Crippen LogP contribution is -2.72. The molecule has 0 spiro atoms. The molecular weight excluding hydrogens is 298 g/mol. The average Bonchev–Trinajstić information content (AvgIpc) is 3.16. The molecule has 22 heavy (non-hydrogen) atoms. The molecule has 5 nitrogen and oxygen atoms in total. The van der Waals surface area contributed by atoms with Gasteiger partial charge < -0.3 is 10.2 Å². The highest BCUT2D eigenvalue weighted by Gasteiger charge is 2.59. The minimum Gasteiger partial charge on any atom is -0.330 e. The third-order valence-electron chi connectivity index (χ3n) is 5.83. The van der Waals surface area contributed by atoms with Crippen molar-refractivity contribution in [1.82, 2.24) is 15.2 Å². The molecule has 2 saturated heterocycles. The second kappa shape index (κ2) is 5.42. The Balaban J connectivity index is 1.64. The number of thiazole rings is 1. The summed E-state index contributed by atoms with van der Waals surface area (Å²) in [6.07, 6.45) is 9.27. The zero-order valence-electron chi connectivity index (χ0n) is 12.5. The van der Waals surface area contributed by atoms with Crippen LogP contribution in [0.4, 0.5) is 0 Å². The van der Waals surface area contributed by atoms with Gasteiger partial charge in [-0.15, -0.1) is 11.3 Å². The molecular formula is C16H21N3O2S. The number of likely N-dealkylation sites (tertiary alicyclic amines) is 1. The number of nitrogens with zero attached hydrogens (tertiary/aromatic N) is 2.